The predicted molar refractivity (Wildman–Crippen MR) is 121 cm³/mol. The number of alkyl halides is 6. The minimum atomic E-state index is -6.09. The van der Waals surface area contributed by atoms with E-state index >= 15 is 0 Å². The summed E-state index contributed by atoms with van der Waals surface area (Å²) in [4.78, 5) is 2.86. The minimum Gasteiger partial charge on any atom is -0.493 e. The molecule has 3 aliphatic heterocycles. The molecule has 2 fully saturated rings. The van der Waals surface area contributed by atoms with Gasteiger partial charge in [0.05, 0.1) is 30.4 Å². The lowest BCUT2D eigenvalue weighted by molar-refractivity contribution is -0.226. The smallest absolute Gasteiger partial charge is 0.414 e. The number of rotatable bonds is 7. The van der Waals surface area contributed by atoms with Crippen LogP contribution in [-0.2, 0) is 14.6 Å². The summed E-state index contributed by atoms with van der Waals surface area (Å²) < 4.78 is 118. The SMILES string of the molecule is Cc1cc(-c2cc(S(=O)(=O)C(C(F)(F)F)C(F)(F)F)ccc2OCCC2C3COCC23)c2ccnc-2n1O. The Morgan fingerprint density at radius 2 is 1.71 bits per heavy atom. The van der Waals surface area contributed by atoms with Crippen LogP contribution in [0.1, 0.15) is 12.1 Å². The van der Waals surface area contributed by atoms with Crippen molar-refractivity contribution in [1.29, 1.82) is 0 Å². The quantitative estimate of drug-likeness (QED) is 0.316. The third-order valence-corrected chi connectivity index (χ3v) is 9.24. The molecule has 14 heteroatoms. The monoisotopic (exact) mass is 564 g/mol. The molecule has 2 unspecified atom stereocenters. The summed E-state index contributed by atoms with van der Waals surface area (Å²) in [5, 5.41) is 5.68. The second-order valence-electron chi connectivity index (χ2n) is 9.53. The molecule has 0 radical (unpaired) electrons. The van der Waals surface area contributed by atoms with Crippen LogP contribution in [0.4, 0.5) is 26.3 Å². The molecule has 1 saturated heterocycles. The topological polar surface area (TPSA) is 90.7 Å². The highest BCUT2D eigenvalue weighted by Crippen LogP contribution is 2.52. The average Bonchev–Trinajstić information content (AvgIpc) is 3.18. The molecule has 1 saturated carbocycles. The normalized spacial score (nSPS) is 21.7. The van der Waals surface area contributed by atoms with E-state index in [0.717, 1.165) is 16.9 Å². The highest BCUT2D eigenvalue weighted by molar-refractivity contribution is 7.92. The van der Waals surface area contributed by atoms with E-state index in [4.69, 9.17) is 9.47 Å². The maximum Gasteiger partial charge on any atom is 0.414 e. The van der Waals surface area contributed by atoms with Gasteiger partial charge in [-0.1, -0.05) is 0 Å². The molecule has 0 spiro atoms. The van der Waals surface area contributed by atoms with Crippen LogP contribution in [0, 0.1) is 24.7 Å². The van der Waals surface area contributed by atoms with Crippen molar-refractivity contribution in [2.24, 2.45) is 17.8 Å². The van der Waals surface area contributed by atoms with E-state index < -0.39 is 32.3 Å². The molecule has 1 aromatic rings. The molecule has 2 atom stereocenters. The summed E-state index contributed by atoms with van der Waals surface area (Å²) in [6.45, 7) is 3.02. The molecule has 0 amide bonds. The van der Waals surface area contributed by atoms with Gasteiger partial charge in [-0.05, 0) is 67.0 Å². The van der Waals surface area contributed by atoms with Gasteiger partial charge in [-0.3, -0.25) is 0 Å². The van der Waals surface area contributed by atoms with Crippen LogP contribution in [0.15, 0.2) is 41.4 Å². The van der Waals surface area contributed by atoms with Gasteiger partial charge in [0.1, 0.15) is 5.75 Å². The van der Waals surface area contributed by atoms with E-state index in [2.05, 4.69) is 4.98 Å². The van der Waals surface area contributed by atoms with Crippen LogP contribution in [0.3, 0.4) is 0 Å². The van der Waals surface area contributed by atoms with Gasteiger partial charge < -0.3 is 14.7 Å². The number of aromatic nitrogens is 2. The third-order valence-electron chi connectivity index (χ3n) is 7.17. The molecule has 0 aromatic heterocycles. The molecular weight excluding hydrogens is 542 g/mol. The lowest BCUT2D eigenvalue weighted by Crippen LogP contribution is -2.48. The van der Waals surface area contributed by atoms with E-state index in [9.17, 15) is 40.0 Å². The molecule has 1 N–H and O–H groups in total. The number of aryl methyl sites for hydroxylation is 1. The van der Waals surface area contributed by atoms with Gasteiger partial charge in [-0.25, -0.2) is 13.4 Å². The summed E-state index contributed by atoms with van der Waals surface area (Å²) in [5.41, 5.74) is 0.698. The first-order valence-electron chi connectivity index (χ1n) is 11.6. The van der Waals surface area contributed by atoms with Crippen molar-refractivity contribution >= 4 is 9.84 Å². The molecule has 3 heterocycles. The molecule has 1 aromatic carbocycles. The predicted octanol–water partition coefficient (Wildman–Crippen LogP) is 5.13. The maximum atomic E-state index is 13.3. The second kappa shape index (κ2) is 9.04. The molecule has 5 rings (SSSR count). The van der Waals surface area contributed by atoms with Crippen molar-refractivity contribution in [3.8, 4) is 28.3 Å². The number of benzene rings is 1. The number of ether oxygens (including phenoxy) is 2. The first-order chi connectivity index (χ1) is 17.7. The van der Waals surface area contributed by atoms with Gasteiger partial charge in [-0.2, -0.15) is 31.1 Å². The number of sulfone groups is 1. The Balaban J connectivity index is 1.57. The van der Waals surface area contributed by atoms with Crippen molar-refractivity contribution in [2.75, 3.05) is 19.8 Å². The van der Waals surface area contributed by atoms with Gasteiger partial charge in [0.2, 0.25) is 0 Å². The fourth-order valence-corrected chi connectivity index (χ4v) is 6.75. The molecule has 206 valence electrons. The van der Waals surface area contributed by atoms with E-state index in [1.165, 1.54) is 25.3 Å². The molecule has 0 bridgehead atoms. The third kappa shape index (κ3) is 4.57. The lowest BCUT2D eigenvalue weighted by atomic mass is 9.98. The maximum absolute atomic E-state index is 13.3. The number of halogens is 6. The van der Waals surface area contributed by atoms with Crippen LogP contribution in [0.5, 0.6) is 5.75 Å². The standard InChI is InChI=1S/C24H22F6N2O5S/c1-12-8-16(15-4-6-31-21(15)32(12)33)17-9-13(38(34,35)22(23(25,26)27)24(28,29)30)2-3-20(17)37-7-5-14-18-10-36-11-19(14)18/h2-4,6,8-9,14,18-19,22,33H,5,7,10-11H2,1H3. The zero-order valence-corrected chi connectivity index (χ0v) is 20.6. The van der Waals surface area contributed by atoms with E-state index in [1.54, 1.807) is 0 Å². The summed E-state index contributed by atoms with van der Waals surface area (Å²) >= 11 is 0. The van der Waals surface area contributed by atoms with Crippen LogP contribution in [-0.4, -0.2) is 60.8 Å². The van der Waals surface area contributed by atoms with Crippen LogP contribution < -0.4 is 4.74 Å². The highest BCUT2D eigenvalue weighted by Gasteiger charge is 2.64. The van der Waals surface area contributed by atoms with Gasteiger partial charge in [-0.15, -0.1) is 0 Å². The molecule has 38 heavy (non-hydrogen) atoms. The van der Waals surface area contributed by atoms with E-state index in [1.807, 2.05) is 0 Å². The molecule has 7 nitrogen and oxygen atoms in total. The lowest BCUT2D eigenvalue weighted by Gasteiger charge is -2.24. The molecule has 1 aliphatic carbocycles. The molecular formula is C24H22F6N2O5S. The Labute approximate surface area is 213 Å². The Kier molecular flexibility index (Phi) is 6.33. The summed E-state index contributed by atoms with van der Waals surface area (Å²) in [5.74, 6) is 1.41. The first-order valence-corrected chi connectivity index (χ1v) is 13.1. The average molecular weight is 565 g/mol. The highest BCUT2D eigenvalue weighted by atomic mass is 32.2. The van der Waals surface area contributed by atoms with Gasteiger partial charge in [0.25, 0.3) is 5.25 Å². The van der Waals surface area contributed by atoms with E-state index in [-0.39, 0.29) is 40.6 Å². The zero-order valence-electron chi connectivity index (χ0n) is 19.8. The zero-order chi connectivity index (χ0) is 27.6. The molecule has 4 aliphatic rings. The second-order valence-corrected chi connectivity index (χ2v) is 11.6. The van der Waals surface area contributed by atoms with Gasteiger partial charge >= 0.3 is 12.4 Å². The Morgan fingerprint density at radius 3 is 2.34 bits per heavy atom. The first kappa shape index (κ1) is 26.6. The van der Waals surface area contributed by atoms with Crippen molar-refractivity contribution in [3.63, 3.8) is 0 Å². The van der Waals surface area contributed by atoms with Gasteiger partial charge in [0, 0.05) is 17.3 Å². The number of nitrogens with zero attached hydrogens (tertiary/aromatic N) is 2. The van der Waals surface area contributed by atoms with Crippen molar-refractivity contribution in [1.82, 2.24) is 9.71 Å². The Morgan fingerprint density at radius 1 is 1.05 bits per heavy atom. The van der Waals surface area contributed by atoms with Crippen molar-refractivity contribution in [2.45, 2.75) is 35.8 Å². The fourth-order valence-electron chi connectivity index (χ4n) is 5.23. The van der Waals surface area contributed by atoms with E-state index in [0.29, 0.717) is 43.5 Å². The van der Waals surface area contributed by atoms with Crippen molar-refractivity contribution in [3.05, 3.63) is 42.2 Å². The summed E-state index contributed by atoms with van der Waals surface area (Å²) in [6.07, 6.45) is -10.2. The number of fused-ring (bicyclic) bond motifs is 2. The van der Waals surface area contributed by atoms with Crippen LogP contribution in [0.25, 0.3) is 22.5 Å². The minimum absolute atomic E-state index is 0.0461. The van der Waals surface area contributed by atoms with Crippen LogP contribution in [0.2, 0.25) is 0 Å². The number of pyridine rings is 1. The number of hydrogen-bond donors (Lipinski definition) is 1. The Hall–Kier alpha value is -3.00. The largest absolute Gasteiger partial charge is 0.493 e. The number of hydrogen-bond acceptors (Lipinski definition) is 6. The Bertz CT molecular complexity index is 1410. The van der Waals surface area contributed by atoms with Crippen LogP contribution >= 0.6 is 0 Å². The summed E-state index contributed by atoms with van der Waals surface area (Å²) in [6, 6.07) is 5.37. The van der Waals surface area contributed by atoms with Crippen molar-refractivity contribution < 1.29 is 49.4 Å². The summed E-state index contributed by atoms with van der Waals surface area (Å²) in [7, 11) is -5.95. The fraction of sp³-hybridized carbons (Fsp3) is 0.458. The van der Waals surface area contributed by atoms with Gasteiger partial charge in [0.15, 0.2) is 15.7 Å².